The molecule has 1 aromatic carbocycles. The first-order chi connectivity index (χ1) is 9.12. The summed E-state index contributed by atoms with van der Waals surface area (Å²) in [6.07, 6.45) is -0.0842. The van der Waals surface area contributed by atoms with Gasteiger partial charge >= 0.3 is 0 Å². The van der Waals surface area contributed by atoms with Crippen LogP contribution in [0.25, 0.3) is 0 Å². The lowest BCUT2D eigenvalue weighted by Crippen LogP contribution is -2.43. The molecule has 0 aliphatic rings. The molecule has 0 saturated heterocycles. The fourth-order valence-corrected chi connectivity index (χ4v) is 1.50. The molecule has 1 aromatic rings. The van der Waals surface area contributed by atoms with E-state index >= 15 is 0 Å². The number of nitrogens with one attached hydrogen (secondary N) is 1. The summed E-state index contributed by atoms with van der Waals surface area (Å²) in [4.78, 5) is 11.8. The second-order valence-electron chi connectivity index (χ2n) is 4.16. The maximum Gasteiger partial charge on any atom is 0.261 e. The molecule has 0 heterocycles. The summed E-state index contributed by atoms with van der Waals surface area (Å²) in [7, 11) is 0. The van der Waals surface area contributed by atoms with Crippen molar-refractivity contribution in [2.24, 2.45) is 0 Å². The molecule has 5 heteroatoms. The van der Waals surface area contributed by atoms with Crippen LogP contribution in [-0.2, 0) is 4.79 Å². The van der Waals surface area contributed by atoms with Crippen LogP contribution in [-0.4, -0.2) is 29.8 Å². The summed E-state index contributed by atoms with van der Waals surface area (Å²) < 4.78 is 5.47. The standard InChI is InChI=1S/C14H18N2O3/c1-3-12(9-17)16-14(18)10(2)19-13-7-5-4-6-11(13)8-15/h4-7,10,12,17H,3,9H2,1-2H3,(H,16,18). The fourth-order valence-electron chi connectivity index (χ4n) is 1.50. The number of ether oxygens (including phenoxy) is 1. The Balaban J connectivity index is 2.66. The first-order valence-electron chi connectivity index (χ1n) is 6.19. The average molecular weight is 262 g/mol. The van der Waals surface area contributed by atoms with Gasteiger partial charge in [-0.05, 0) is 25.5 Å². The van der Waals surface area contributed by atoms with Gasteiger partial charge in [0.2, 0.25) is 0 Å². The summed E-state index contributed by atoms with van der Waals surface area (Å²) in [6, 6.07) is 8.48. The molecule has 0 fully saturated rings. The van der Waals surface area contributed by atoms with Crippen molar-refractivity contribution in [2.45, 2.75) is 32.4 Å². The van der Waals surface area contributed by atoms with Crippen molar-refractivity contribution in [1.82, 2.24) is 5.32 Å². The van der Waals surface area contributed by atoms with Crippen molar-refractivity contribution in [3.05, 3.63) is 29.8 Å². The summed E-state index contributed by atoms with van der Waals surface area (Å²) in [5.41, 5.74) is 0.386. The molecule has 2 unspecified atom stereocenters. The number of amides is 1. The first kappa shape index (κ1) is 15.0. The molecule has 0 spiro atoms. The van der Waals surface area contributed by atoms with Crippen LogP contribution in [0.1, 0.15) is 25.8 Å². The Morgan fingerprint density at radius 1 is 1.53 bits per heavy atom. The van der Waals surface area contributed by atoms with Crippen LogP contribution >= 0.6 is 0 Å². The number of nitrogens with zero attached hydrogens (tertiary/aromatic N) is 1. The maximum absolute atomic E-state index is 11.8. The zero-order valence-corrected chi connectivity index (χ0v) is 11.1. The Morgan fingerprint density at radius 2 is 2.21 bits per heavy atom. The van der Waals surface area contributed by atoms with E-state index in [-0.39, 0.29) is 18.6 Å². The molecule has 19 heavy (non-hydrogen) atoms. The number of para-hydroxylation sites is 1. The molecule has 2 N–H and O–H groups in total. The second kappa shape index (κ2) is 7.39. The highest BCUT2D eigenvalue weighted by Gasteiger charge is 2.18. The van der Waals surface area contributed by atoms with Gasteiger partial charge in [0, 0.05) is 0 Å². The second-order valence-corrected chi connectivity index (χ2v) is 4.16. The van der Waals surface area contributed by atoms with E-state index in [1.165, 1.54) is 0 Å². The lowest BCUT2D eigenvalue weighted by atomic mass is 10.2. The summed E-state index contributed by atoms with van der Waals surface area (Å²) in [6.45, 7) is 3.37. The summed E-state index contributed by atoms with van der Waals surface area (Å²) in [5.74, 6) is 0.0679. The predicted octanol–water partition coefficient (Wildman–Crippen LogP) is 1.21. The molecular formula is C14H18N2O3. The van der Waals surface area contributed by atoms with E-state index in [2.05, 4.69) is 5.32 Å². The zero-order valence-electron chi connectivity index (χ0n) is 11.1. The highest BCUT2D eigenvalue weighted by molar-refractivity contribution is 5.81. The van der Waals surface area contributed by atoms with Crippen LogP contribution < -0.4 is 10.1 Å². The van der Waals surface area contributed by atoms with E-state index in [1.807, 2.05) is 13.0 Å². The van der Waals surface area contributed by atoms with Gasteiger partial charge in [-0.1, -0.05) is 19.1 Å². The summed E-state index contributed by atoms with van der Waals surface area (Å²) >= 11 is 0. The van der Waals surface area contributed by atoms with Crippen LogP contribution in [0, 0.1) is 11.3 Å². The van der Waals surface area contributed by atoms with Gasteiger partial charge in [-0.2, -0.15) is 5.26 Å². The van der Waals surface area contributed by atoms with Gasteiger partial charge in [0.15, 0.2) is 6.10 Å². The van der Waals surface area contributed by atoms with Crippen LogP contribution in [0.2, 0.25) is 0 Å². The number of rotatable bonds is 6. The van der Waals surface area contributed by atoms with Crippen molar-refractivity contribution in [3.8, 4) is 11.8 Å². The number of nitriles is 1. The molecule has 0 radical (unpaired) electrons. The molecule has 0 aliphatic heterocycles. The number of aliphatic hydroxyl groups excluding tert-OH is 1. The zero-order chi connectivity index (χ0) is 14.3. The van der Waals surface area contributed by atoms with Crippen molar-refractivity contribution >= 4 is 5.91 Å². The Hall–Kier alpha value is -2.06. The largest absolute Gasteiger partial charge is 0.480 e. The van der Waals surface area contributed by atoms with Crippen molar-refractivity contribution in [1.29, 1.82) is 5.26 Å². The van der Waals surface area contributed by atoms with Gasteiger partial charge in [0.1, 0.15) is 11.8 Å². The lowest BCUT2D eigenvalue weighted by molar-refractivity contribution is -0.128. The highest BCUT2D eigenvalue weighted by Crippen LogP contribution is 2.18. The van der Waals surface area contributed by atoms with Crippen LogP contribution in [0.5, 0.6) is 5.75 Å². The van der Waals surface area contributed by atoms with Crippen LogP contribution in [0.3, 0.4) is 0 Å². The molecule has 1 amide bonds. The van der Waals surface area contributed by atoms with E-state index in [9.17, 15) is 4.79 Å². The monoisotopic (exact) mass is 262 g/mol. The molecular weight excluding hydrogens is 244 g/mol. The number of carbonyl (C=O) groups is 1. The van der Waals surface area contributed by atoms with Crippen LogP contribution in [0.15, 0.2) is 24.3 Å². The summed E-state index contributed by atoms with van der Waals surface area (Å²) in [5, 5.41) is 20.6. The quantitative estimate of drug-likeness (QED) is 0.807. The predicted molar refractivity (Wildman–Crippen MR) is 70.6 cm³/mol. The number of benzene rings is 1. The third-order valence-corrected chi connectivity index (χ3v) is 2.74. The fraction of sp³-hybridized carbons (Fsp3) is 0.429. The van der Waals surface area contributed by atoms with Gasteiger partial charge in [-0.15, -0.1) is 0 Å². The smallest absolute Gasteiger partial charge is 0.261 e. The number of aliphatic hydroxyl groups is 1. The van der Waals surface area contributed by atoms with Gasteiger partial charge < -0.3 is 15.2 Å². The third kappa shape index (κ3) is 4.27. The van der Waals surface area contributed by atoms with Gasteiger partial charge in [-0.3, -0.25) is 4.79 Å². The minimum Gasteiger partial charge on any atom is -0.480 e. The molecule has 1 rings (SSSR count). The Kier molecular flexibility index (Phi) is 5.83. The Morgan fingerprint density at radius 3 is 2.79 bits per heavy atom. The molecule has 2 atom stereocenters. The van der Waals surface area contributed by atoms with Crippen molar-refractivity contribution in [3.63, 3.8) is 0 Å². The molecule has 0 aromatic heterocycles. The lowest BCUT2D eigenvalue weighted by Gasteiger charge is -2.19. The molecule has 0 aliphatic carbocycles. The third-order valence-electron chi connectivity index (χ3n) is 2.74. The highest BCUT2D eigenvalue weighted by atomic mass is 16.5. The van der Waals surface area contributed by atoms with Crippen molar-refractivity contribution in [2.75, 3.05) is 6.61 Å². The van der Waals surface area contributed by atoms with E-state index in [0.29, 0.717) is 17.7 Å². The van der Waals surface area contributed by atoms with Crippen LogP contribution in [0.4, 0.5) is 0 Å². The first-order valence-corrected chi connectivity index (χ1v) is 6.19. The number of hydrogen-bond acceptors (Lipinski definition) is 4. The SMILES string of the molecule is CCC(CO)NC(=O)C(C)Oc1ccccc1C#N. The Bertz CT molecular complexity index is 464. The minimum atomic E-state index is -0.727. The minimum absolute atomic E-state index is 0.107. The van der Waals surface area contributed by atoms with E-state index < -0.39 is 6.10 Å². The molecule has 0 saturated carbocycles. The molecule has 5 nitrogen and oxygen atoms in total. The normalized spacial score (nSPS) is 13.2. The number of hydrogen-bond donors (Lipinski definition) is 2. The van der Waals surface area contributed by atoms with Gasteiger partial charge in [0.05, 0.1) is 18.2 Å². The Labute approximate surface area is 112 Å². The maximum atomic E-state index is 11.8. The van der Waals surface area contributed by atoms with E-state index in [4.69, 9.17) is 15.1 Å². The topological polar surface area (TPSA) is 82.3 Å². The molecule has 102 valence electrons. The number of carbonyl (C=O) groups excluding carboxylic acids is 1. The van der Waals surface area contributed by atoms with E-state index in [1.54, 1.807) is 31.2 Å². The van der Waals surface area contributed by atoms with Crippen molar-refractivity contribution < 1.29 is 14.6 Å². The van der Waals surface area contributed by atoms with Gasteiger partial charge in [0.25, 0.3) is 5.91 Å². The molecule has 0 bridgehead atoms. The van der Waals surface area contributed by atoms with E-state index in [0.717, 1.165) is 0 Å². The average Bonchev–Trinajstić information content (AvgIpc) is 2.44. The van der Waals surface area contributed by atoms with Gasteiger partial charge in [-0.25, -0.2) is 0 Å².